The Morgan fingerprint density at radius 2 is 2.33 bits per heavy atom. The van der Waals surface area contributed by atoms with Crippen LogP contribution < -0.4 is 11.2 Å². The molecule has 0 aromatic carbocycles. The van der Waals surface area contributed by atoms with Crippen LogP contribution in [0, 0.1) is 11.3 Å². The first-order chi connectivity index (χ1) is 5.66. The molecule has 0 aliphatic rings. The Bertz CT molecular complexity index is 240. The zero-order valence-corrected chi connectivity index (χ0v) is 6.28. The molecule has 0 aromatic heterocycles. The second-order valence-corrected chi connectivity index (χ2v) is 1.86. The molecule has 0 heterocycles. The fourth-order valence-corrected chi connectivity index (χ4v) is 0.412. The zero-order chi connectivity index (χ0) is 9.40. The molecule has 12 heavy (non-hydrogen) atoms. The predicted octanol–water partition coefficient (Wildman–Crippen LogP) is -0.487. The first-order valence-corrected chi connectivity index (χ1v) is 3.15. The first-order valence-electron chi connectivity index (χ1n) is 3.15. The zero-order valence-electron chi connectivity index (χ0n) is 6.28. The van der Waals surface area contributed by atoms with Gasteiger partial charge in [-0.25, -0.2) is 10.2 Å². The highest BCUT2D eigenvalue weighted by atomic mass is 16.4. The average Bonchev–Trinajstić information content (AvgIpc) is 2.00. The summed E-state index contributed by atoms with van der Waals surface area (Å²) in [6, 6.07) is 0.969. The van der Waals surface area contributed by atoms with Gasteiger partial charge < -0.3 is 5.73 Å². The summed E-state index contributed by atoms with van der Waals surface area (Å²) in [6.07, 6.45) is 1.16. The number of carbonyl (C=O) groups is 2. The van der Waals surface area contributed by atoms with Crippen LogP contribution in [-0.4, -0.2) is 18.0 Å². The molecule has 2 amide bonds. The van der Waals surface area contributed by atoms with Crippen LogP contribution in [0.3, 0.4) is 0 Å². The quantitative estimate of drug-likeness (QED) is 0.258. The number of nitrogens with zero attached hydrogens (tertiary/aromatic N) is 2. The number of hydrazone groups is 1. The Morgan fingerprint density at radius 3 is 2.83 bits per heavy atom. The summed E-state index contributed by atoms with van der Waals surface area (Å²) in [5, 5.41) is 11.3. The van der Waals surface area contributed by atoms with Crippen molar-refractivity contribution in [2.45, 2.75) is 12.8 Å². The largest absolute Gasteiger partial charge is 0.350 e. The van der Waals surface area contributed by atoms with Crippen molar-refractivity contribution in [1.82, 2.24) is 5.43 Å². The number of amides is 2. The number of rotatable bonds is 4. The number of ketones is 1. The van der Waals surface area contributed by atoms with Gasteiger partial charge in [0.1, 0.15) is 0 Å². The van der Waals surface area contributed by atoms with Gasteiger partial charge in [-0.05, 0) is 0 Å². The molecule has 0 bridgehead atoms. The van der Waals surface area contributed by atoms with E-state index in [0.29, 0.717) is 0 Å². The smallest absolute Gasteiger partial charge is 0.332 e. The van der Waals surface area contributed by atoms with Gasteiger partial charge in [0.2, 0.25) is 0 Å². The number of carbonyl (C=O) groups excluding carboxylic acids is 2. The third-order valence-corrected chi connectivity index (χ3v) is 0.866. The van der Waals surface area contributed by atoms with Gasteiger partial charge in [0.05, 0.1) is 12.3 Å². The summed E-state index contributed by atoms with van der Waals surface area (Å²) in [5.74, 6) is -0.328. The topological polar surface area (TPSA) is 108 Å². The van der Waals surface area contributed by atoms with Gasteiger partial charge in [0, 0.05) is 12.8 Å². The molecular formula is C6H8N4O2. The monoisotopic (exact) mass is 171 g/mol. The van der Waals surface area contributed by atoms with E-state index in [9.17, 15) is 9.59 Å². The van der Waals surface area contributed by atoms with Crippen LogP contribution in [0.5, 0.6) is 0 Å². The third kappa shape index (κ3) is 6.22. The van der Waals surface area contributed by atoms with Gasteiger partial charge in [0.15, 0.2) is 5.78 Å². The van der Waals surface area contributed by atoms with Crippen LogP contribution in [0.25, 0.3) is 0 Å². The van der Waals surface area contributed by atoms with Gasteiger partial charge in [-0.3, -0.25) is 4.79 Å². The second-order valence-electron chi connectivity index (χ2n) is 1.86. The van der Waals surface area contributed by atoms with Gasteiger partial charge >= 0.3 is 6.03 Å². The Kier molecular flexibility index (Phi) is 4.93. The van der Waals surface area contributed by atoms with E-state index in [4.69, 9.17) is 5.26 Å². The molecule has 6 heteroatoms. The van der Waals surface area contributed by atoms with Crippen LogP contribution in [-0.2, 0) is 4.79 Å². The molecule has 0 spiro atoms. The predicted molar refractivity (Wildman–Crippen MR) is 41.1 cm³/mol. The van der Waals surface area contributed by atoms with E-state index < -0.39 is 6.03 Å². The number of urea groups is 1. The maximum absolute atomic E-state index is 10.7. The number of Topliss-reactive ketones (excluding diaryl/α,β-unsaturated/α-hetero) is 1. The van der Waals surface area contributed by atoms with Crippen molar-refractivity contribution < 1.29 is 9.59 Å². The molecule has 0 atom stereocenters. The Labute approximate surface area is 69.0 Å². The van der Waals surface area contributed by atoms with E-state index in [1.807, 2.05) is 5.43 Å². The Hall–Kier alpha value is -1.90. The molecule has 0 saturated carbocycles. The van der Waals surface area contributed by atoms with E-state index in [0.717, 1.165) is 6.21 Å². The number of primary amides is 1. The fraction of sp³-hybridized carbons (Fsp3) is 0.333. The number of hydrogen-bond donors (Lipinski definition) is 2. The number of nitrogens with one attached hydrogen (secondary N) is 1. The van der Waals surface area contributed by atoms with E-state index >= 15 is 0 Å². The van der Waals surface area contributed by atoms with Crippen LogP contribution in [0.1, 0.15) is 12.8 Å². The van der Waals surface area contributed by atoms with Crippen molar-refractivity contribution in [1.29, 1.82) is 5.26 Å². The van der Waals surface area contributed by atoms with Crippen LogP contribution in [0.2, 0.25) is 0 Å². The van der Waals surface area contributed by atoms with E-state index in [1.165, 1.54) is 0 Å². The normalized spacial score (nSPS) is 9.25. The maximum atomic E-state index is 10.7. The van der Waals surface area contributed by atoms with Crippen molar-refractivity contribution in [3.8, 4) is 6.07 Å². The minimum atomic E-state index is -0.834. The van der Waals surface area contributed by atoms with Crippen LogP contribution in [0.4, 0.5) is 4.79 Å². The summed E-state index contributed by atoms with van der Waals surface area (Å²) in [7, 11) is 0. The molecule has 64 valence electrons. The molecule has 0 radical (unpaired) electrons. The standard InChI is InChI=1S/C6H8N4O2/c7-3-1-2-5(11)4-9-10-6(8)12/h4H,1-2H2,(H3,8,10,12)/b9-4+/i6+1,9+1,10+1. The SMILES string of the molecule is N#CCCC(=O)/C=[15N]/[15NH][13C](N)=O. The first kappa shape index (κ1) is 10.1. The number of nitriles is 1. The molecule has 0 fully saturated rings. The van der Waals surface area contributed by atoms with Crippen molar-refractivity contribution in [3.05, 3.63) is 0 Å². The third-order valence-electron chi connectivity index (χ3n) is 0.866. The summed E-state index contributed by atoms with van der Waals surface area (Å²) in [4.78, 5) is 20.7. The molecule has 0 unspecified atom stereocenters. The Balaban J connectivity index is 3.62. The van der Waals surface area contributed by atoms with Crippen molar-refractivity contribution >= 4 is 18.0 Å². The van der Waals surface area contributed by atoms with Gasteiger partial charge in [-0.2, -0.15) is 10.4 Å². The molecule has 0 aromatic rings. The van der Waals surface area contributed by atoms with Gasteiger partial charge in [-0.15, -0.1) is 0 Å². The number of hydrogen-bond acceptors (Lipinski definition) is 4. The minimum absolute atomic E-state index is 0.0977. The molecule has 0 rings (SSSR count). The van der Waals surface area contributed by atoms with Crippen LogP contribution >= 0.6 is 0 Å². The molecule has 6 nitrogen and oxygen atoms in total. The van der Waals surface area contributed by atoms with E-state index in [-0.39, 0.29) is 18.6 Å². The van der Waals surface area contributed by atoms with Gasteiger partial charge in [0.25, 0.3) is 0 Å². The molecule has 0 saturated heterocycles. The lowest BCUT2D eigenvalue weighted by Crippen LogP contribution is -2.24. The molecule has 0 aliphatic carbocycles. The van der Waals surface area contributed by atoms with E-state index in [1.54, 1.807) is 6.07 Å². The minimum Gasteiger partial charge on any atom is -0.350 e. The second kappa shape index (κ2) is 5.85. The van der Waals surface area contributed by atoms with Crippen LogP contribution in [0.15, 0.2) is 5.10 Å². The molecular weight excluding hydrogens is 163 g/mol. The average molecular weight is 171 g/mol. The van der Waals surface area contributed by atoms with Crippen molar-refractivity contribution in [2.24, 2.45) is 10.8 Å². The summed E-state index contributed by atoms with van der Waals surface area (Å²) < 4.78 is 0. The van der Waals surface area contributed by atoms with Crippen molar-refractivity contribution in [2.75, 3.05) is 0 Å². The highest BCUT2D eigenvalue weighted by Gasteiger charge is 1.95. The molecule has 3 N–H and O–H groups in total. The summed E-state index contributed by atoms with van der Waals surface area (Å²) >= 11 is 0. The fourth-order valence-electron chi connectivity index (χ4n) is 0.412. The maximum Gasteiger partial charge on any atom is 0.332 e. The number of nitrogens with two attached hydrogens (primary N) is 1. The van der Waals surface area contributed by atoms with Crippen molar-refractivity contribution in [3.63, 3.8) is 0 Å². The lowest BCUT2D eigenvalue weighted by Gasteiger charge is -1.89. The lowest BCUT2D eigenvalue weighted by atomic mass is 10.2. The Morgan fingerprint density at radius 1 is 1.67 bits per heavy atom. The van der Waals surface area contributed by atoms with E-state index in [2.05, 4.69) is 10.8 Å². The highest BCUT2D eigenvalue weighted by Crippen LogP contribution is 1.85. The summed E-state index contributed by atoms with van der Waals surface area (Å²) in [6.45, 7) is 0. The highest BCUT2D eigenvalue weighted by molar-refractivity contribution is 6.27. The molecule has 0 aliphatic heterocycles. The summed E-state index contributed by atoms with van der Waals surface area (Å²) in [5.41, 5.74) is 6.51. The lowest BCUT2D eigenvalue weighted by molar-refractivity contribution is -0.112. The van der Waals surface area contributed by atoms with Gasteiger partial charge in [-0.1, -0.05) is 0 Å².